The van der Waals surface area contributed by atoms with Crippen LogP contribution in [-0.2, 0) is 0 Å². The molecule has 0 amide bonds. The van der Waals surface area contributed by atoms with Gasteiger partial charge in [-0.15, -0.1) is 0 Å². The Morgan fingerprint density at radius 3 is 2.46 bits per heavy atom. The molecule has 0 saturated heterocycles. The lowest BCUT2D eigenvalue weighted by Gasteiger charge is -1.98. The van der Waals surface area contributed by atoms with E-state index in [1.807, 2.05) is 36.4 Å². The van der Waals surface area contributed by atoms with Crippen molar-refractivity contribution < 1.29 is 4.42 Å². The van der Waals surface area contributed by atoms with Crippen LogP contribution in [0, 0.1) is 4.51 Å². The molecular weight excluding hydrogens is 180 g/mol. The molecule has 0 aliphatic heterocycles. The second-order valence-corrected chi connectivity index (χ2v) is 3.17. The normalized spacial score (nSPS) is 9.85. The molecule has 1 aromatic carbocycles. The molecule has 2 heteroatoms. The van der Waals surface area contributed by atoms with Crippen LogP contribution in [0.2, 0.25) is 0 Å². The predicted octanol–water partition coefficient (Wildman–Crippen LogP) is 3.68. The quantitative estimate of drug-likeness (QED) is 0.633. The topological polar surface area (TPSA) is 13.1 Å². The molecule has 0 atom stereocenters. The molecule has 0 unspecified atom stereocenters. The summed E-state index contributed by atoms with van der Waals surface area (Å²) in [4.78, 5) is 0. The third kappa shape index (κ3) is 1.84. The second kappa shape index (κ2) is 3.54. The van der Waals surface area contributed by atoms with Crippen molar-refractivity contribution in [2.45, 2.75) is 0 Å². The predicted molar refractivity (Wildman–Crippen MR) is 55.0 cm³/mol. The van der Waals surface area contributed by atoms with Crippen LogP contribution in [-0.4, -0.2) is 0 Å². The molecule has 1 nitrogen and oxygen atoms in total. The van der Waals surface area contributed by atoms with Gasteiger partial charge in [0.15, 0.2) is 0 Å². The molecule has 0 spiro atoms. The van der Waals surface area contributed by atoms with E-state index < -0.39 is 0 Å². The first-order valence-corrected chi connectivity index (χ1v) is 4.41. The summed E-state index contributed by atoms with van der Waals surface area (Å²) >= 11 is 5.04. The Hall–Kier alpha value is -1.41. The van der Waals surface area contributed by atoms with Gasteiger partial charge in [0.05, 0.1) is 6.26 Å². The van der Waals surface area contributed by atoms with E-state index in [0.717, 1.165) is 15.8 Å². The van der Waals surface area contributed by atoms with Gasteiger partial charge in [0.2, 0.25) is 0 Å². The lowest BCUT2D eigenvalue weighted by Crippen LogP contribution is -1.75. The lowest BCUT2D eigenvalue weighted by atomic mass is 10.2. The first-order valence-electron chi connectivity index (χ1n) is 4.00. The number of rotatable bonds is 1. The van der Waals surface area contributed by atoms with Crippen LogP contribution in [0.1, 0.15) is 0 Å². The zero-order chi connectivity index (χ0) is 9.10. The average Bonchev–Trinajstić information content (AvgIpc) is 2.19. The maximum atomic E-state index is 5.33. The van der Waals surface area contributed by atoms with Gasteiger partial charge in [-0.25, -0.2) is 0 Å². The van der Waals surface area contributed by atoms with E-state index in [1.54, 1.807) is 12.3 Å². The average molecular weight is 188 g/mol. The molecule has 0 aliphatic carbocycles. The Morgan fingerprint density at radius 2 is 1.77 bits per heavy atom. The fourth-order valence-electron chi connectivity index (χ4n) is 1.14. The van der Waals surface area contributed by atoms with E-state index in [1.165, 1.54) is 0 Å². The minimum Gasteiger partial charge on any atom is -0.464 e. The summed E-state index contributed by atoms with van der Waals surface area (Å²) in [5.41, 5.74) is 1.05. The summed E-state index contributed by atoms with van der Waals surface area (Å²) in [6, 6.07) is 13.5. The third-order valence-corrected chi connectivity index (χ3v) is 2.01. The Kier molecular flexibility index (Phi) is 2.23. The molecule has 0 fully saturated rings. The molecule has 1 heterocycles. The zero-order valence-electron chi connectivity index (χ0n) is 6.94. The number of hydrogen-bond acceptors (Lipinski definition) is 2. The highest BCUT2D eigenvalue weighted by Gasteiger charge is 1.96. The van der Waals surface area contributed by atoms with Gasteiger partial charge in [-0.3, -0.25) is 0 Å². The van der Waals surface area contributed by atoms with E-state index in [9.17, 15) is 0 Å². The molecule has 0 aliphatic rings. The van der Waals surface area contributed by atoms with Gasteiger partial charge in [-0.2, -0.15) is 0 Å². The fraction of sp³-hybridized carbons (Fsp3) is 0. The number of benzene rings is 1. The highest BCUT2D eigenvalue weighted by Crippen LogP contribution is 2.18. The first kappa shape index (κ1) is 8.20. The summed E-state index contributed by atoms with van der Waals surface area (Å²) < 4.78 is 6.12. The van der Waals surface area contributed by atoms with E-state index in [0.29, 0.717) is 0 Å². The van der Waals surface area contributed by atoms with Crippen molar-refractivity contribution >= 4 is 12.2 Å². The maximum absolute atomic E-state index is 5.33. The molecule has 13 heavy (non-hydrogen) atoms. The SMILES string of the molecule is S=c1ccoc(-c2ccccc2)c1. The smallest absolute Gasteiger partial charge is 0.135 e. The summed E-state index contributed by atoms with van der Waals surface area (Å²) in [6.07, 6.45) is 1.62. The van der Waals surface area contributed by atoms with Crippen LogP contribution in [0.15, 0.2) is 53.1 Å². The highest BCUT2D eigenvalue weighted by atomic mass is 32.1. The Labute approximate surface area is 81.7 Å². The molecule has 0 radical (unpaired) electrons. The molecule has 0 saturated carbocycles. The molecule has 1 aromatic heterocycles. The Morgan fingerprint density at radius 1 is 1.00 bits per heavy atom. The molecule has 2 rings (SSSR count). The third-order valence-electron chi connectivity index (χ3n) is 1.76. The minimum absolute atomic E-state index is 0.796. The molecule has 2 aromatic rings. The van der Waals surface area contributed by atoms with E-state index >= 15 is 0 Å². The van der Waals surface area contributed by atoms with Crippen molar-refractivity contribution in [3.05, 3.63) is 53.2 Å². The van der Waals surface area contributed by atoms with Gasteiger partial charge in [0, 0.05) is 10.1 Å². The molecule has 0 bridgehead atoms. The van der Waals surface area contributed by atoms with Gasteiger partial charge >= 0.3 is 0 Å². The van der Waals surface area contributed by atoms with Crippen molar-refractivity contribution in [3.63, 3.8) is 0 Å². The van der Waals surface area contributed by atoms with Crippen LogP contribution < -0.4 is 0 Å². The number of hydrogen-bond donors (Lipinski definition) is 0. The maximum Gasteiger partial charge on any atom is 0.135 e. The van der Waals surface area contributed by atoms with E-state index in [-0.39, 0.29) is 0 Å². The van der Waals surface area contributed by atoms with Gasteiger partial charge < -0.3 is 4.42 Å². The second-order valence-electron chi connectivity index (χ2n) is 2.70. The summed E-state index contributed by atoms with van der Waals surface area (Å²) in [5, 5.41) is 0. The molecule has 0 N–H and O–H groups in total. The van der Waals surface area contributed by atoms with Gasteiger partial charge in [-0.1, -0.05) is 42.5 Å². The minimum atomic E-state index is 0.796. The van der Waals surface area contributed by atoms with Crippen molar-refractivity contribution in [2.24, 2.45) is 0 Å². The van der Waals surface area contributed by atoms with E-state index in [2.05, 4.69) is 0 Å². The molecular formula is C11H8OS. The Bertz CT molecular complexity index is 445. The van der Waals surface area contributed by atoms with Gasteiger partial charge in [0.1, 0.15) is 5.76 Å². The van der Waals surface area contributed by atoms with Crippen LogP contribution in [0.25, 0.3) is 11.3 Å². The largest absolute Gasteiger partial charge is 0.464 e. The van der Waals surface area contributed by atoms with Crippen molar-refractivity contribution in [3.8, 4) is 11.3 Å². The molecule has 64 valence electrons. The Balaban J connectivity index is 2.54. The fourth-order valence-corrected chi connectivity index (χ4v) is 1.30. The van der Waals surface area contributed by atoms with Crippen molar-refractivity contribution in [1.29, 1.82) is 0 Å². The van der Waals surface area contributed by atoms with Crippen LogP contribution >= 0.6 is 12.2 Å². The summed E-state index contributed by atoms with van der Waals surface area (Å²) in [7, 11) is 0. The first-order chi connectivity index (χ1) is 6.36. The summed E-state index contributed by atoms with van der Waals surface area (Å²) in [6.45, 7) is 0. The van der Waals surface area contributed by atoms with Crippen LogP contribution in [0.5, 0.6) is 0 Å². The highest BCUT2D eigenvalue weighted by molar-refractivity contribution is 7.71. The zero-order valence-corrected chi connectivity index (χ0v) is 7.75. The monoisotopic (exact) mass is 188 g/mol. The van der Waals surface area contributed by atoms with Crippen molar-refractivity contribution in [1.82, 2.24) is 0 Å². The standard InChI is InChI=1S/C11H8OS/c13-10-6-7-12-11(8-10)9-4-2-1-3-5-9/h1-8H. The van der Waals surface area contributed by atoms with E-state index in [4.69, 9.17) is 16.6 Å². The van der Waals surface area contributed by atoms with Gasteiger partial charge in [0.25, 0.3) is 0 Å². The van der Waals surface area contributed by atoms with Crippen LogP contribution in [0.3, 0.4) is 0 Å². The lowest BCUT2D eigenvalue weighted by molar-refractivity contribution is 0.565. The van der Waals surface area contributed by atoms with Crippen molar-refractivity contribution in [2.75, 3.05) is 0 Å². The summed E-state index contributed by atoms with van der Waals surface area (Å²) in [5.74, 6) is 0.813. The van der Waals surface area contributed by atoms with Gasteiger partial charge in [-0.05, 0) is 12.1 Å². The van der Waals surface area contributed by atoms with Crippen LogP contribution in [0.4, 0.5) is 0 Å².